The van der Waals surface area contributed by atoms with Gasteiger partial charge in [-0.1, -0.05) is 20.8 Å². The Kier molecular flexibility index (Phi) is 13.7. The Hall–Kier alpha value is -2.85. The van der Waals surface area contributed by atoms with Crippen molar-refractivity contribution in [1.82, 2.24) is 26.2 Å². The molecule has 0 aliphatic heterocycles. The molecule has 0 aromatic heterocycles. The number of hydrogen-bond donors (Lipinski definition) is 5. The van der Waals surface area contributed by atoms with Gasteiger partial charge in [-0.2, -0.15) is 0 Å². The van der Waals surface area contributed by atoms with E-state index in [4.69, 9.17) is 0 Å². The van der Waals surface area contributed by atoms with Gasteiger partial charge in [0.05, 0.1) is 6.54 Å². The van der Waals surface area contributed by atoms with Crippen LogP contribution in [0.1, 0.15) is 54.4 Å². The lowest BCUT2D eigenvalue weighted by atomic mass is 10.0. The number of carbonyl (C=O) groups excluding carboxylic acids is 4. The van der Waals surface area contributed by atoms with Crippen LogP contribution in [0.4, 0.5) is 4.79 Å². The summed E-state index contributed by atoms with van der Waals surface area (Å²) in [6.45, 7) is 10.8. The minimum atomic E-state index is -1.26. The Morgan fingerprint density at radius 3 is 1.97 bits per heavy atom. The van der Waals surface area contributed by atoms with Crippen LogP contribution in [0.5, 0.6) is 0 Å². The highest BCUT2D eigenvalue weighted by Gasteiger charge is 2.31. The summed E-state index contributed by atoms with van der Waals surface area (Å²) in [7, 11) is 0. The van der Waals surface area contributed by atoms with Crippen LogP contribution in [-0.4, -0.2) is 78.0 Å². The number of hydrogen-bond acceptors (Lipinski definition) is 5. The largest absolute Gasteiger partial charge is 0.465 e. The van der Waals surface area contributed by atoms with Gasteiger partial charge in [0, 0.05) is 38.5 Å². The lowest BCUT2D eigenvalue weighted by Crippen LogP contribution is -2.56. The van der Waals surface area contributed by atoms with E-state index in [2.05, 4.69) is 21.3 Å². The maximum atomic E-state index is 12.6. The molecule has 0 spiro atoms. The SMILES string of the molecule is CC(=O)NCC(C(=O)NCCCC(C)C(=O)NCC(=O)NCC(C)C)N(C(=O)O)C(C)C. The van der Waals surface area contributed by atoms with Gasteiger partial charge in [0.1, 0.15) is 6.04 Å². The third-order valence-electron chi connectivity index (χ3n) is 4.65. The van der Waals surface area contributed by atoms with Crippen molar-refractivity contribution in [3.63, 3.8) is 0 Å². The molecule has 0 aromatic rings. The lowest BCUT2D eigenvalue weighted by Gasteiger charge is -2.31. The van der Waals surface area contributed by atoms with Gasteiger partial charge in [-0.3, -0.25) is 24.1 Å². The van der Waals surface area contributed by atoms with Crippen LogP contribution in [0.25, 0.3) is 0 Å². The quantitative estimate of drug-likeness (QED) is 0.236. The molecule has 2 atom stereocenters. The fraction of sp³-hybridized carbons (Fsp3) is 0.762. The highest BCUT2D eigenvalue weighted by Crippen LogP contribution is 2.08. The molecule has 0 saturated carbocycles. The molecule has 0 bridgehead atoms. The van der Waals surface area contributed by atoms with Gasteiger partial charge < -0.3 is 26.4 Å². The summed E-state index contributed by atoms with van der Waals surface area (Å²) < 4.78 is 0. The van der Waals surface area contributed by atoms with Crippen molar-refractivity contribution >= 4 is 29.7 Å². The first-order valence-electron chi connectivity index (χ1n) is 10.9. The Morgan fingerprint density at radius 1 is 0.844 bits per heavy atom. The first kappa shape index (κ1) is 29.1. The molecule has 5 N–H and O–H groups in total. The molecular weight excluding hydrogens is 418 g/mol. The van der Waals surface area contributed by atoms with Gasteiger partial charge in [-0.05, 0) is 32.6 Å². The lowest BCUT2D eigenvalue weighted by molar-refractivity contribution is -0.128. The van der Waals surface area contributed by atoms with Gasteiger partial charge in [0.15, 0.2) is 0 Å². The Labute approximate surface area is 190 Å². The Morgan fingerprint density at radius 2 is 1.47 bits per heavy atom. The number of nitrogens with zero attached hydrogens (tertiary/aromatic N) is 1. The van der Waals surface area contributed by atoms with Crippen molar-refractivity contribution in [2.75, 3.05) is 26.2 Å². The topological polar surface area (TPSA) is 157 Å². The fourth-order valence-electron chi connectivity index (χ4n) is 2.86. The summed E-state index contributed by atoms with van der Waals surface area (Å²) in [5.74, 6) is -1.42. The molecule has 0 saturated heterocycles. The Balaban J connectivity index is 4.54. The monoisotopic (exact) mass is 457 g/mol. The van der Waals surface area contributed by atoms with E-state index in [0.29, 0.717) is 25.3 Å². The second-order valence-corrected chi connectivity index (χ2v) is 8.49. The predicted octanol–water partition coefficient (Wildman–Crippen LogP) is 0.300. The highest BCUT2D eigenvalue weighted by molar-refractivity contribution is 5.87. The standard InChI is InChI=1S/C21H39N5O6/c1-13(2)10-24-18(28)12-25-19(29)15(5)8-7-9-22-20(30)17(11-23-16(6)27)26(14(3)4)21(31)32/h13-15,17H,7-12H2,1-6H3,(H,22,30)(H,23,27)(H,24,28)(H,25,29)(H,31,32). The molecule has 32 heavy (non-hydrogen) atoms. The zero-order valence-corrected chi connectivity index (χ0v) is 20.0. The average Bonchev–Trinajstić information content (AvgIpc) is 2.69. The van der Waals surface area contributed by atoms with Crippen LogP contribution in [0.2, 0.25) is 0 Å². The number of carboxylic acid groups (broad SMARTS) is 1. The molecule has 184 valence electrons. The second kappa shape index (κ2) is 15.0. The van der Waals surface area contributed by atoms with Crippen molar-refractivity contribution in [3.8, 4) is 0 Å². The van der Waals surface area contributed by atoms with Crippen molar-refractivity contribution in [1.29, 1.82) is 0 Å². The molecule has 2 unspecified atom stereocenters. The van der Waals surface area contributed by atoms with Crippen LogP contribution in [0, 0.1) is 11.8 Å². The summed E-state index contributed by atoms with van der Waals surface area (Å²) in [4.78, 5) is 60.2. The average molecular weight is 458 g/mol. The van der Waals surface area contributed by atoms with E-state index in [-0.39, 0.29) is 43.3 Å². The number of nitrogens with one attached hydrogen (secondary N) is 4. The molecule has 0 aliphatic rings. The van der Waals surface area contributed by atoms with Gasteiger partial charge in [-0.25, -0.2) is 4.79 Å². The third kappa shape index (κ3) is 12.1. The molecule has 0 radical (unpaired) electrons. The van der Waals surface area contributed by atoms with Gasteiger partial charge in [0.2, 0.25) is 23.6 Å². The van der Waals surface area contributed by atoms with Crippen molar-refractivity contribution in [2.24, 2.45) is 11.8 Å². The maximum absolute atomic E-state index is 12.6. The van der Waals surface area contributed by atoms with Gasteiger partial charge in [0.25, 0.3) is 0 Å². The van der Waals surface area contributed by atoms with Gasteiger partial charge in [-0.15, -0.1) is 0 Å². The van der Waals surface area contributed by atoms with Crippen LogP contribution >= 0.6 is 0 Å². The van der Waals surface area contributed by atoms with Crippen molar-refractivity contribution in [2.45, 2.75) is 66.5 Å². The highest BCUT2D eigenvalue weighted by atomic mass is 16.4. The summed E-state index contributed by atoms with van der Waals surface area (Å²) in [6, 6.07) is -1.53. The van der Waals surface area contributed by atoms with E-state index in [1.54, 1.807) is 20.8 Å². The Bertz CT molecular complexity index is 653. The summed E-state index contributed by atoms with van der Waals surface area (Å²) in [5, 5.41) is 19.9. The van der Waals surface area contributed by atoms with E-state index < -0.39 is 24.1 Å². The molecule has 5 amide bonds. The van der Waals surface area contributed by atoms with E-state index in [0.717, 1.165) is 4.90 Å². The number of rotatable bonds is 14. The summed E-state index contributed by atoms with van der Waals surface area (Å²) >= 11 is 0. The number of carbonyl (C=O) groups is 5. The third-order valence-corrected chi connectivity index (χ3v) is 4.65. The zero-order chi connectivity index (χ0) is 24.8. The molecule has 11 nitrogen and oxygen atoms in total. The molecule has 0 heterocycles. The second-order valence-electron chi connectivity index (χ2n) is 8.49. The first-order valence-corrected chi connectivity index (χ1v) is 10.9. The van der Waals surface area contributed by atoms with Crippen LogP contribution in [0.3, 0.4) is 0 Å². The molecule has 11 heteroatoms. The molecular formula is C21H39N5O6. The van der Waals surface area contributed by atoms with E-state index >= 15 is 0 Å². The molecule has 0 rings (SSSR count). The predicted molar refractivity (Wildman–Crippen MR) is 120 cm³/mol. The van der Waals surface area contributed by atoms with E-state index in [9.17, 15) is 29.1 Å². The van der Waals surface area contributed by atoms with Crippen molar-refractivity contribution in [3.05, 3.63) is 0 Å². The van der Waals surface area contributed by atoms with Crippen molar-refractivity contribution < 1.29 is 29.1 Å². The van der Waals surface area contributed by atoms with E-state index in [1.807, 2.05) is 13.8 Å². The first-order chi connectivity index (χ1) is 14.9. The summed E-state index contributed by atoms with van der Waals surface area (Å²) in [6.07, 6.45) is -0.294. The maximum Gasteiger partial charge on any atom is 0.408 e. The van der Waals surface area contributed by atoms with Crippen LogP contribution in [0.15, 0.2) is 0 Å². The van der Waals surface area contributed by atoms with E-state index in [1.165, 1.54) is 6.92 Å². The minimum absolute atomic E-state index is 0.0856. The minimum Gasteiger partial charge on any atom is -0.465 e. The summed E-state index contributed by atoms with van der Waals surface area (Å²) in [5.41, 5.74) is 0. The van der Waals surface area contributed by atoms with Crippen LogP contribution in [-0.2, 0) is 19.2 Å². The molecule has 0 aliphatic carbocycles. The zero-order valence-electron chi connectivity index (χ0n) is 20.0. The molecule has 0 fully saturated rings. The molecule has 0 aromatic carbocycles. The smallest absolute Gasteiger partial charge is 0.408 e. The normalized spacial score (nSPS) is 12.6. The van der Waals surface area contributed by atoms with Gasteiger partial charge >= 0.3 is 6.09 Å². The number of amides is 5. The van der Waals surface area contributed by atoms with Crippen LogP contribution < -0.4 is 21.3 Å². The fourth-order valence-corrected chi connectivity index (χ4v) is 2.86.